The molecule has 0 radical (unpaired) electrons. The highest BCUT2D eigenvalue weighted by atomic mass is 79.9. The van der Waals surface area contributed by atoms with Crippen LogP contribution in [0.5, 0.6) is 0 Å². The summed E-state index contributed by atoms with van der Waals surface area (Å²) in [6, 6.07) is 21.6. The lowest BCUT2D eigenvalue weighted by atomic mass is 9.99. The third-order valence-electron chi connectivity index (χ3n) is 27.5. The average molecular weight is 1900 g/mol. The molecule has 15 heterocycles. The predicted octanol–water partition coefficient (Wildman–Crippen LogP) is 15.2. The molecule has 11 aliphatic heterocycles. The summed E-state index contributed by atoms with van der Waals surface area (Å²) in [4.78, 5) is 135. The molecular formula is C101H121Br2FN16O10. The van der Waals surface area contributed by atoms with Crippen molar-refractivity contribution in [2.24, 2.45) is 0 Å². The number of aliphatic hydroxyl groups excluding tert-OH is 1. The maximum Gasteiger partial charge on any atom is 0.256 e. The highest BCUT2D eigenvalue weighted by Gasteiger charge is 2.37. The average Bonchev–Trinajstić information content (AvgIpc) is 1.62. The second-order valence-electron chi connectivity index (χ2n) is 36.0. The Balaban J connectivity index is 0.000000127. The first-order valence-electron chi connectivity index (χ1n) is 46.7. The van der Waals surface area contributed by atoms with Crippen LogP contribution in [0.25, 0.3) is 46.6 Å². The fraction of sp³-hybridized carbons (Fsp3) is 0.446. The van der Waals surface area contributed by atoms with Crippen molar-refractivity contribution in [1.82, 2.24) is 59.1 Å². The van der Waals surface area contributed by atoms with Crippen LogP contribution < -0.4 is 21.3 Å². The first kappa shape index (κ1) is 92.6. The number of hydrogen-bond donors (Lipinski definition) is 9. The number of carbonyl (C=O) groups excluding carboxylic acids is 8. The molecule has 3 fully saturated rings. The molecule has 0 aliphatic carbocycles. The molecule has 8 amide bonds. The van der Waals surface area contributed by atoms with E-state index in [0.29, 0.717) is 84.1 Å². The van der Waals surface area contributed by atoms with Gasteiger partial charge >= 0.3 is 0 Å². The van der Waals surface area contributed by atoms with Gasteiger partial charge in [-0.15, -0.1) is 0 Å². The molecule has 0 saturated carbocycles. The summed E-state index contributed by atoms with van der Waals surface area (Å²) in [6.45, 7) is 32.5. The standard InChI is InChI=1S/C26H32N4O2.C25H29BrN4O4.C25H29BrN4O2.C25H31FN4O2/c1-17-8-6-9-20-23(17)19(25(31)28-20)16-22-18(2)24-21(27-22)10-7-13-30(26(24)32)15-14-29-11-4-3-5-12-29;1-15-22(12-19-18-11-16(26)4-5-20(18)28-24(19)32)27-21-3-2-6-30(25(33)23(15)21)14-17(31)13-29-7-9-34-10-8-29;1-16-21(15-17-23-18(26)7-5-8-20(23)28-24(17)31)27-19-9-6-12-30(25(32)22(16)19)14-13-29-10-3-2-4-11-29;1-4-29(5-2)12-13-30-11-7-6-8-21-23(25(30)32)16(3)22(27-21)15-19-18-14-17(26)9-10-20(18)28-24(19)31/h6,8-9,16,27H,3-5,7,10-15H2,1-2H3,(H,28,31);4-5,11-12,17,27,31H,2-3,6-10,13-14H2,1H3,(H,28,32);5,7-8,15,27H,2-4,6,9-14H2,1H3,(H,28,31);9-10,14-15,27H,4-8,11-13H2,1-3H3,(H,28,31)/b19-16-;19-12-;17-15-;19-15-/t;17-;;/m.1../s1. The zero-order valence-electron chi connectivity index (χ0n) is 75.8. The highest BCUT2D eigenvalue weighted by molar-refractivity contribution is 9.10. The molecule has 686 valence electrons. The van der Waals surface area contributed by atoms with Crippen molar-refractivity contribution in [2.45, 2.75) is 151 Å². The van der Waals surface area contributed by atoms with Gasteiger partial charge in [-0.25, -0.2) is 4.39 Å². The zero-order valence-corrected chi connectivity index (χ0v) is 79.0. The Morgan fingerprint density at radius 3 is 1.31 bits per heavy atom. The SMILES string of the molecule is CCN(CC)CCN1CCCCc2[nH]c(/C=C3\C(=O)Nc4ccc(F)cc43)c(C)c2C1=O.Cc1c(/C=C2\C(=O)Nc3ccc(Br)cc32)[nH]c2c1C(=O)N(C[C@H](O)CN1CCOCC1)CCC2.Cc1c(/C=C2\C(=O)Nc3cccc(Br)c32)[nH]c2c1C(=O)N(CCN1CCCCC1)CCC2.Cc1cccc2c1/C(=C/c1[nH]c3c(c1C)C(=O)N(CCN1CCCCC1)CCC3)C(=O)N2. The number of H-pyrrole nitrogens is 4. The Kier molecular flexibility index (Phi) is 29.5. The number of β-amino-alcohol motifs (C(OH)–C–C–N with tert-alkyl or cyclic N) is 1. The van der Waals surface area contributed by atoms with Crippen LogP contribution in [0.15, 0.2) is 81.7 Å². The highest BCUT2D eigenvalue weighted by Crippen LogP contribution is 2.43. The number of nitrogens with one attached hydrogen (secondary N) is 8. The maximum atomic E-state index is 13.8. The fourth-order valence-corrected chi connectivity index (χ4v) is 21.1. The Bertz CT molecular complexity index is 5630. The third kappa shape index (κ3) is 20.4. The number of likely N-dealkylation sites (tertiary alicyclic amines) is 2. The van der Waals surface area contributed by atoms with E-state index in [1.165, 1.54) is 50.7 Å². The van der Waals surface area contributed by atoms with Gasteiger partial charge in [0.2, 0.25) is 0 Å². The summed E-state index contributed by atoms with van der Waals surface area (Å²) in [7, 11) is 0. The second-order valence-corrected chi connectivity index (χ2v) is 37.7. The summed E-state index contributed by atoms with van der Waals surface area (Å²) in [5.74, 6) is -0.792. The van der Waals surface area contributed by atoms with E-state index >= 15 is 0 Å². The molecule has 130 heavy (non-hydrogen) atoms. The number of aromatic nitrogens is 4. The number of amides is 8. The molecule has 4 aromatic carbocycles. The van der Waals surface area contributed by atoms with Crippen LogP contribution in [0.4, 0.5) is 27.1 Å². The number of nitrogens with zero attached hydrogens (tertiary/aromatic N) is 8. The van der Waals surface area contributed by atoms with Gasteiger partial charge < -0.3 is 85.3 Å². The van der Waals surface area contributed by atoms with Crippen LogP contribution in [0.1, 0.15) is 222 Å². The van der Waals surface area contributed by atoms with Crippen molar-refractivity contribution < 1.29 is 52.6 Å². The van der Waals surface area contributed by atoms with Crippen molar-refractivity contribution in [1.29, 1.82) is 0 Å². The van der Waals surface area contributed by atoms with E-state index in [4.69, 9.17) is 4.74 Å². The number of anilines is 4. The summed E-state index contributed by atoms with van der Waals surface area (Å²) < 4.78 is 21.0. The molecule has 0 spiro atoms. The molecule has 0 bridgehead atoms. The van der Waals surface area contributed by atoms with Crippen molar-refractivity contribution in [3.05, 3.63) is 205 Å². The topological polar surface area (TPSA) is 303 Å². The number of halogens is 3. The summed E-state index contributed by atoms with van der Waals surface area (Å²) >= 11 is 7.05. The molecular weight excluding hydrogens is 1780 g/mol. The Morgan fingerprint density at radius 1 is 0.408 bits per heavy atom. The van der Waals surface area contributed by atoms with Gasteiger partial charge in [-0.1, -0.05) is 76.7 Å². The van der Waals surface area contributed by atoms with E-state index in [9.17, 15) is 47.9 Å². The van der Waals surface area contributed by atoms with Crippen LogP contribution in [0, 0.1) is 40.4 Å². The largest absolute Gasteiger partial charge is 0.390 e. The van der Waals surface area contributed by atoms with Gasteiger partial charge in [0, 0.05) is 185 Å². The molecule has 26 nitrogen and oxygen atoms in total. The van der Waals surface area contributed by atoms with Crippen LogP contribution in [0.2, 0.25) is 0 Å². The van der Waals surface area contributed by atoms with Crippen molar-refractivity contribution in [2.75, 3.05) is 165 Å². The molecule has 9 N–H and O–H groups in total. The lowest BCUT2D eigenvalue weighted by Crippen LogP contribution is -2.46. The van der Waals surface area contributed by atoms with Gasteiger partial charge in [0.15, 0.2) is 0 Å². The van der Waals surface area contributed by atoms with Crippen LogP contribution in [-0.2, 0) is 49.6 Å². The maximum absolute atomic E-state index is 13.8. The number of hydrogen-bond acceptors (Lipinski definition) is 14. The third-order valence-corrected chi connectivity index (χ3v) is 28.6. The summed E-state index contributed by atoms with van der Waals surface area (Å²) in [5.41, 5.74) is 23.1. The van der Waals surface area contributed by atoms with E-state index in [-0.39, 0.29) is 53.1 Å². The Morgan fingerprint density at radius 2 is 0.808 bits per heavy atom. The van der Waals surface area contributed by atoms with E-state index in [0.717, 1.165) is 290 Å². The van der Waals surface area contributed by atoms with Gasteiger partial charge in [-0.3, -0.25) is 43.3 Å². The number of aromatic amines is 4. The molecule has 8 aromatic rings. The number of benzene rings is 4. The monoisotopic (exact) mass is 1890 g/mol. The minimum Gasteiger partial charge on any atom is -0.390 e. The summed E-state index contributed by atoms with van der Waals surface area (Å²) in [5, 5.41) is 22.3. The Hall–Kier alpha value is -10.6. The van der Waals surface area contributed by atoms with Crippen molar-refractivity contribution in [3.63, 3.8) is 0 Å². The van der Waals surface area contributed by atoms with Gasteiger partial charge in [0.05, 0.1) is 69.6 Å². The molecule has 11 aliphatic rings. The molecule has 1 atom stereocenters. The van der Waals surface area contributed by atoms with E-state index in [1.54, 1.807) is 17.0 Å². The van der Waals surface area contributed by atoms with E-state index < -0.39 is 6.10 Å². The first-order valence-corrected chi connectivity index (χ1v) is 48.3. The minimum absolute atomic E-state index is 0.0487. The van der Waals surface area contributed by atoms with Gasteiger partial charge in [-0.2, -0.15) is 0 Å². The number of likely N-dealkylation sites (N-methyl/N-ethyl adjacent to an activating group) is 1. The number of ether oxygens (including phenoxy) is 1. The number of aliphatic hydroxyl groups is 1. The van der Waals surface area contributed by atoms with E-state index in [2.05, 4.69) is 107 Å². The fourth-order valence-electron chi connectivity index (χ4n) is 20.2. The number of aryl methyl sites for hydroxylation is 5. The van der Waals surface area contributed by atoms with E-state index in [1.807, 2.05) is 122 Å². The minimum atomic E-state index is -0.610. The molecule has 4 aromatic heterocycles. The number of carbonyl (C=O) groups is 8. The Labute approximate surface area is 777 Å². The molecule has 29 heteroatoms. The van der Waals surface area contributed by atoms with Crippen LogP contribution in [-0.4, -0.2) is 262 Å². The van der Waals surface area contributed by atoms with Crippen molar-refractivity contribution in [3.8, 4) is 0 Å². The molecule has 3 saturated heterocycles. The predicted molar refractivity (Wildman–Crippen MR) is 517 cm³/mol. The number of piperidine rings is 2. The molecule has 19 rings (SSSR count). The number of rotatable bonds is 19. The second kappa shape index (κ2) is 41.4. The first-order chi connectivity index (χ1) is 62.9. The van der Waals surface area contributed by atoms with Gasteiger partial charge in [0.1, 0.15) is 5.82 Å². The lowest BCUT2D eigenvalue weighted by molar-refractivity contribution is -0.111. The van der Waals surface area contributed by atoms with Crippen molar-refractivity contribution >= 4 is 148 Å². The summed E-state index contributed by atoms with van der Waals surface area (Å²) in [6.07, 6.45) is 22.4. The zero-order chi connectivity index (χ0) is 91.1. The number of morpholine rings is 1. The van der Waals surface area contributed by atoms with Crippen LogP contribution in [0.3, 0.4) is 0 Å². The smallest absolute Gasteiger partial charge is 0.256 e. The molecule has 0 unspecified atom stereocenters. The normalized spacial score (nSPS) is 19.7. The quantitative estimate of drug-likeness (QED) is 0.0340. The lowest BCUT2D eigenvalue weighted by Gasteiger charge is -2.31. The van der Waals surface area contributed by atoms with Gasteiger partial charge in [-0.05, 0) is 264 Å². The number of fused-ring (bicyclic) bond motifs is 8. The van der Waals surface area contributed by atoms with Gasteiger partial charge in [0.25, 0.3) is 47.3 Å². The van der Waals surface area contributed by atoms with Crippen LogP contribution >= 0.6 is 31.9 Å².